The molecule has 2 aliphatic rings. The van der Waals surface area contributed by atoms with Gasteiger partial charge >= 0.3 is 0 Å². The van der Waals surface area contributed by atoms with Gasteiger partial charge in [-0.05, 0) is 60.4 Å². The number of fused-ring (bicyclic) bond motifs is 1. The highest BCUT2D eigenvalue weighted by Crippen LogP contribution is 2.42. The zero-order valence-corrected chi connectivity index (χ0v) is 17.8. The van der Waals surface area contributed by atoms with Gasteiger partial charge in [0.05, 0.1) is 18.4 Å². The smallest absolute Gasteiger partial charge is 0.282 e. The molecule has 0 aromatic heterocycles. The van der Waals surface area contributed by atoms with Gasteiger partial charge in [-0.15, -0.1) is 0 Å². The van der Waals surface area contributed by atoms with Crippen LogP contribution >= 0.6 is 0 Å². The van der Waals surface area contributed by atoms with E-state index in [2.05, 4.69) is 0 Å². The number of benzene rings is 3. The van der Waals surface area contributed by atoms with Gasteiger partial charge in [0.15, 0.2) is 0 Å². The van der Waals surface area contributed by atoms with E-state index in [1.54, 1.807) is 12.1 Å². The number of nitrogens with zero attached hydrogens (tertiary/aromatic N) is 2. The van der Waals surface area contributed by atoms with E-state index in [1.165, 1.54) is 36.3 Å². The summed E-state index contributed by atoms with van der Waals surface area (Å²) in [4.78, 5) is 30.6. The first kappa shape index (κ1) is 20.0. The van der Waals surface area contributed by atoms with Gasteiger partial charge in [0.1, 0.15) is 17.3 Å². The lowest BCUT2D eigenvalue weighted by molar-refractivity contribution is -0.120. The average Bonchev–Trinajstić information content (AvgIpc) is 3.32. The fraction of sp³-hybridized carbons (Fsp3) is 0.154. The predicted octanol–water partition coefficient (Wildman–Crippen LogP) is 4.49. The molecule has 0 radical (unpaired) electrons. The minimum absolute atomic E-state index is 0.260. The lowest BCUT2D eigenvalue weighted by atomic mass is 10.0. The Bertz CT molecular complexity index is 1280. The van der Waals surface area contributed by atoms with Crippen molar-refractivity contribution in [2.24, 2.45) is 0 Å². The third-order valence-corrected chi connectivity index (χ3v) is 5.92. The van der Waals surface area contributed by atoms with Crippen LogP contribution in [0.25, 0.3) is 5.57 Å². The fourth-order valence-electron chi connectivity index (χ4n) is 4.41. The minimum Gasteiger partial charge on any atom is -0.495 e. The van der Waals surface area contributed by atoms with Gasteiger partial charge in [0.2, 0.25) is 0 Å². The second-order valence-electron chi connectivity index (χ2n) is 7.88. The Kier molecular flexibility index (Phi) is 4.78. The maximum Gasteiger partial charge on any atom is 0.282 e. The minimum atomic E-state index is -0.454. The van der Waals surface area contributed by atoms with Gasteiger partial charge in [0.25, 0.3) is 11.8 Å². The summed E-state index contributed by atoms with van der Waals surface area (Å²) in [6, 6.07) is 18.9. The first-order valence-corrected chi connectivity index (χ1v) is 10.4. The second-order valence-corrected chi connectivity index (χ2v) is 7.88. The van der Waals surface area contributed by atoms with Gasteiger partial charge in [-0.25, -0.2) is 9.29 Å². The molecule has 5 nitrogen and oxygen atoms in total. The van der Waals surface area contributed by atoms with Crippen molar-refractivity contribution in [1.29, 1.82) is 0 Å². The molecule has 2 aliphatic heterocycles. The Hall–Kier alpha value is -3.93. The number of ether oxygens (including phenoxy) is 1. The summed E-state index contributed by atoms with van der Waals surface area (Å²) in [5.41, 5.74) is 4.37. The Morgan fingerprint density at radius 1 is 0.906 bits per heavy atom. The van der Waals surface area contributed by atoms with Crippen molar-refractivity contribution in [2.45, 2.75) is 13.3 Å². The molecule has 2 heterocycles. The lowest BCUT2D eigenvalue weighted by Crippen LogP contribution is -2.35. The standard InChI is InChI=1S/C26H21FN2O3/c1-16-7-12-22(32-2)21(15-16)29-25(30)23(18-8-10-19(27)11-9-18)24(26(29)31)28-14-13-17-5-3-4-6-20(17)28/h3-12,15H,13-14H2,1-2H3. The normalized spacial score (nSPS) is 15.6. The number of anilines is 2. The van der Waals surface area contributed by atoms with E-state index in [0.717, 1.165) is 23.2 Å². The molecule has 6 heteroatoms. The maximum absolute atomic E-state index is 13.8. The molecule has 3 aromatic rings. The Balaban J connectivity index is 1.71. The van der Waals surface area contributed by atoms with Crippen molar-refractivity contribution in [2.75, 3.05) is 23.5 Å². The molecule has 0 aliphatic carbocycles. The van der Waals surface area contributed by atoms with Crippen LogP contribution in [0.2, 0.25) is 0 Å². The number of hydrogen-bond donors (Lipinski definition) is 0. The van der Waals surface area contributed by atoms with E-state index in [9.17, 15) is 14.0 Å². The number of halogens is 1. The maximum atomic E-state index is 13.8. The van der Waals surface area contributed by atoms with Crippen molar-refractivity contribution in [3.63, 3.8) is 0 Å². The number of carbonyl (C=O) groups is 2. The summed E-state index contributed by atoms with van der Waals surface area (Å²) in [6.07, 6.45) is 0.769. The number of rotatable bonds is 4. The van der Waals surface area contributed by atoms with E-state index in [4.69, 9.17) is 4.74 Å². The highest BCUT2D eigenvalue weighted by atomic mass is 19.1. The number of aryl methyl sites for hydroxylation is 1. The van der Waals surface area contributed by atoms with Crippen molar-refractivity contribution in [1.82, 2.24) is 0 Å². The summed E-state index contributed by atoms with van der Waals surface area (Å²) in [6.45, 7) is 2.47. The quantitative estimate of drug-likeness (QED) is 0.575. The van der Waals surface area contributed by atoms with Gasteiger partial charge in [-0.1, -0.05) is 36.4 Å². The number of hydrogen-bond acceptors (Lipinski definition) is 4. The van der Waals surface area contributed by atoms with Crippen LogP contribution in [0.15, 0.2) is 72.4 Å². The van der Waals surface area contributed by atoms with Crippen LogP contribution in [0, 0.1) is 12.7 Å². The number of imide groups is 1. The monoisotopic (exact) mass is 428 g/mol. The van der Waals surface area contributed by atoms with Crippen LogP contribution in [0.3, 0.4) is 0 Å². The first-order valence-electron chi connectivity index (χ1n) is 10.4. The van der Waals surface area contributed by atoms with Gasteiger partial charge < -0.3 is 9.64 Å². The number of amides is 2. The summed E-state index contributed by atoms with van der Waals surface area (Å²) >= 11 is 0. The van der Waals surface area contributed by atoms with E-state index in [0.29, 0.717) is 29.2 Å². The van der Waals surface area contributed by atoms with E-state index in [1.807, 2.05) is 42.2 Å². The SMILES string of the molecule is COc1ccc(C)cc1N1C(=O)C(c2ccc(F)cc2)=C(N2CCc3ccccc32)C1=O. The molecule has 160 valence electrons. The Labute approximate surface area is 185 Å². The average molecular weight is 428 g/mol. The molecular weight excluding hydrogens is 407 g/mol. The van der Waals surface area contributed by atoms with Gasteiger partial charge in [0, 0.05) is 12.2 Å². The molecular formula is C26H21FN2O3. The number of methoxy groups -OCH3 is 1. The molecule has 0 unspecified atom stereocenters. The van der Waals surface area contributed by atoms with Crippen molar-refractivity contribution in [3.8, 4) is 5.75 Å². The predicted molar refractivity (Wildman–Crippen MR) is 121 cm³/mol. The van der Waals surface area contributed by atoms with Crippen LogP contribution in [-0.4, -0.2) is 25.5 Å². The highest BCUT2D eigenvalue weighted by Gasteiger charge is 2.45. The van der Waals surface area contributed by atoms with Crippen molar-refractivity contribution in [3.05, 3.63) is 94.9 Å². The molecule has 0 spiro atoms. The molecule has 0 saturated heterocycles. The van der Waals surface area contributed by atoms with Crippen LogP contribution in [0.1, 0.15) is 16.7 Å². The summed E-state index contributed by atoms with van der Waals surface area (Å²) < 4.78 is 19.1. The van der Waals surface area contributed by atoms with Gasteiger partial charge in [-0.2, -0.15) is 0 Å². The first-order chi connectivity index (χ1) is 15.5. The van der Waals surface area contributed by atoms with Crippen LogP contribution < -0.4 is 14.5 Å². The molecule has 32 heavy (non-hydrogen) atoms. The summed E-state index contributed by atoms with van der Waals surface area (Å²) in [5.74, 6) is -0.852. The number of carbonyl (C=O) groups excluding carboxylic acids is 2. The molecule has 0 N–H and O–H groups in total. The molecule has 0 saturated carbocycles. The molecule has 0 bridgehead atoms. The molecule has 0 fully saturated rings. The highest BCUT2D eigenvalue weighted by molar-refractivity contribution is 6.46. The second kappa shape index (κ2) is 7.64. The summed E-state index contributed by atoms with van der Waals surface area (Å²) in [7, 11) is 1.51. The van der Waals surface area contributed by atoms with E-state index >= 15 is 0 Å². The number of para-hydroxylation sites is 1. The fourth-order valence-corrected chi connectivity index (χ4v) is 4.41. The third-order valence-electron chi connectivity index (χ3n) is 5.92. The zero-order chi connectivity index (χ0) is 22.4. The molecule has 0 atom stereocenters. The largest absolute Gasteiger partial charge is 0.495 e. The van der Waals surface area contributed by atoms with Crippen LogP contribution in [0.4, 0.5) is 15.8 Å². The van der Waals surface area contributed by atoms with E-state index in [-0.39, 0.29) is 5.57 Å². The third kappa shape index (κ3) is 3.07. The van der Waals surface area contributed by atoms with E-state index < -0.39 is 17.6 Å². The Morgan fingerprint density at radius 2 is 1.66 bits per heavy atom. The summed E-state index contributed by atoms with van der Waals surface area (Å²) in [5, 5.41) is 0. The van der Waals surface area contributed by atoms with Crippen molar-refractivity contribution < 1.29 is 18.7 Å². The van der Waals surface area contributed by atoms with Crippen molar-refractivity contribution >= 4 is 28.8 Å². The molecule has 3 aromatic carbocycles. The Morgan fingerprint density at radius 3 is 2.41 bits per heavy atom. The topological polar surface area (TPSA) is 49.9 Å². The molecule has 5 rings (SSSR count). The molecule has 2 amide bonds. The zero-order valence-electron chi connectivity index (χ0n) is 17.8. The van der Waals surface area contributed by atoms with Crippen LogP contribution in [-0.2, 0) is 16.0 Å². The van der Waals surface area contributed by atoms with Crippen LogP contribution in [0.5, 0.6) is 5.75 Å². The van der Waals surface area contributed by atoms with Gasteiger partial charge in [-0.3, -0.25) is 9.59 Å². The lowest BCUT2D eigenvalue weighted by Gasteiger charge is -2.22.